The molecule has 0 aliphatic heterocycles. The molecule has 0 unspecified atom stereocenters. The number of carbonyl (C=O) groups is 2. The molecule has 1 rings (SSSR count). The molecule has 0 aromatic heterocycles. The molecule has 0 spiro atoms. The lowest BCUT2D eigenvalue weighted by Gasteiger charge is -2.06. The average molecular weight is 275 g/mol. The topological polar surface area (TPSA) is 108 Å². The molecule has 0 radical (unpaired) electrons. The molecule has 1 aromatic rings. The zero-order valence-corrected chi connectivity index (χ0v) is 11.0. The Morgan fingerprint density at radius 3 is 2.55 bits per heavy atom. The Labute approximate surface area is 115 Å². The van der Waals surface area contributed by atoms with E-state index in [0.29, 0.717) is 5.56 Å². The molecule has 0 aliphatic rings. The fourth-order valence-corrected chi connectivity index (χ4v) is 1.40. The Morgan fingerprint density at radius 2 is 2.05 bits per heavy atom. The summed E-state index contributed by atoms with van der Waals surface area (Å²) in [5.74, 6) is -2.48. The first-order chi connectivity index (χ1) is 9.35. The van der Waals surface area contributed by atoms with Gasteiger partial charge >= 0.3 is 11.9 Å². The Hall–Kier alpha value is -2.81. The maximum Gasteiger partial charge on any atom is 0.349 e. The van der Waals surface area contributed by atoms with Gasteiger partial charge in [0, 0.05) is 0 Å². The number of nitrogens with zero attached hydrogens (tertiary/aromatic N) is 1. The third-order valence-corrected chi connectivity index (χ3v) is 2.25. The van der Waals surface area contributed by atoms with Gasteiger partial charge in [0.05, 0.1) is 6.10 Å². The number of ether oxygens (including phenoxy) is 1. The predicted molar refractivity (Wildman–Crippen MR) is 69.9 cm³/mol. The van der Waals surface area contributed by atoms with Crippen molar-refractivity contribution in [2.75, 3.05) is 0 Å². The van der Waals surface area contributed by atoms with E-state index in [4.69, 9.17) is 15.1 Å². The van der Waals surface area contributed by atoms with Gasteiger partial charge in [-0.2, -0.15) is 5.26 Å². The van der Waals surface area contributed by atoms with E-state index in [9.17, 15) is 14.7 Å². The number of carboxylic acid groups (broad SMARTS) is 1. The first kappa shape index (κ1) is 15.2. The number of benzene rings is 1. The summed E-state index contributed by atoms with van der Waals surface area (Å²) >= 11 is 0. The van der Waals surface area contributed by atoms with Crippen molar-refractivity contribution >= 4 is 18.0 Å². The minimum absolute atomic E-state index is 0.249. The van der Waals surface area contributed by atoms with Gasteiger partial charge in [-0.1, -0.05) is 6.07 Å². The van der Waals surface area contributed by atoms with Gasteiger partial charge in [-0.05, 0) is 37.6 Å². The standard InChI is InChI=1S/C14H13NO5/c1-8(2)20-14(19)10(7-15)5-9-3-4-12(16)11(6-9)13(17)18/h3-6,8,16H,1-2H3,(H,17,18)/b10-5+. The van der Waals surface area contributed by atoms with Gasteiger partial charge in [0.25, 0.3) is 0 Å². The van der Waals surface area contributed by atoms with Gasteiger partial charge in [-0.3, -0.25) is 0 Å². The molecule has 2 N–H and O–H groups in total. The summed E-state index contributed by atoms with van der Waals surface area (Å²) in [6.07, 6.45) is 0.838. The highest BCUT2D eigenvalue weighted by atomic mass is 16.5. The maximum atomic E-state index is 11.6. The van der Waals surface area contributed by atoms with Gasteiger partial charge in [0.15, 0.2) is 0 Å². The second kappa shape index (κ2) is 6.38. The Bertz CT molecular complexity index is 610. The van der Waals surface area contributed by atoms with Crippen LogP contribution in [0.1, 0.15) is 29.8 Å². The lowest BCUT2D eigenvalue weighted by Crippen LogP contribution is -2.12. The Balaban J connectivity index is 3.14. The number of hydrogen-bond acceptors (Lipinski definition) is 5. The quantitative estimate of drug-likeness (QED) is 0.494. The average Bonchev–Trinajstić information content (AvgIpc) is 2.36. The van der Waals surface area contributed by atoms with Crippen LogP contribution in [-0.4, -0.2) is 28.3 Å². The normalized spacial score (nSPS) is 11.0. The molecular weight excluding hydrogens is 262 g/mol. The smallest absolute Gasteiger partial charge is 0.349 e. The van der Waals surface area contributed by atoms with Crippen LogP contribution >= 0.6 is 0 Å². The van der Waals surface area contributed by atoms with E-state index in [0.717, 1.165) is 6.07 Å². The van der Waals surface area contributed by atoms with E-state index in [1.54, 1.807) is 19.9 Å². The molecular formula is C14H13NO5. The highest BCUT2D eigenvalue weighted by Crippen LogP contribution is 2.20. The SMILES string of the molecule is CC(C)OC(=O)/C(C#N)=C/c1ccc(O)c(C(=O)O)c1. The van der Waals surface area contributed by atoms with Crippen LogP contribution in [0.15, 0.2) is 23.8 Å². The molecule has 6 nitrogen and oxygen atoms in total. The van der Waals surface area contributed by atoms with E-state index in [-0.39, 0.29) is 17.2 Å². The summed E-state index contributed by atoms with van der Waals surface area (Å²) in [6, 6.07) is 5.43. The third kappa shape index (κ3) is 3.85. The van der Waals surface area contributed by atoms with Crippen molar-refractivity contribution in [3.05, 3.63) is 34.9 Å². The highest BCUT2D eigenvalue weighted by Gasteiger charge is 2.14. The molecule has 20 heavy (non-hydrogen) atoms. The van der Waals surface area contributed by atoms with Crippen LogP contribution in [0.3, 0.4) is 0 Å². The second-order valence-electron chi connectivity index (χ2n) is 4.21. The lowest BCUT2D eigenvalue weighted by atomic mass is 10.1. The van der Waals surface area contributed by atoms with Crippen molar-refractivity contribution < 1.29 is 24.5 Å². The molecule has 0 bridgehead atoms. The maximum absolute atomic E-state index is 11.6. The summed E-state index contributed by atoms with van der Waals surface area (Å²) in [7, 11) is 0. The number of carbonyl (C=O) groups excluding carboxylic acids is 1. The van der Waals surface area contributed by atoms with Crippen LogP contribution in [-0.2, 0) is 9.53 Å². The number of nitriles is 1. The zero-order valence-electron chi connectivity index (χ0n) is 11.0. The number of esters is 1. The van der Waals surface area contributed by atoms with E-state index in [1.165, 1.54) is 18.2 Å². The van der Waals surface area contributed by atoms with E-state index in [2.05, 4.69) is 0 Å². The van der Waals surface area contributed by atoms with Crippen molar-refractivity contribution in [1.82, 2.24) is 0 Å². The van der Waals surface area contributed by atoms with Crippen molar-refractivity contribution in [1.29, 1.82) is 5.26 Å². The number of hydrogen-bond donors (Lipinski definition) is 2. The van der Waals surface area contributed by atoms with Crippen molar-refractivity contribution in [3.63, 3.8) is 0 Å². The van der Waals surface area contributed by atoms with Crippen LogP contribution in [0.5, 0.6) is 5.75 Å². The molecule has 104 valence electrons. The van der Waals surface area contributed by atoms with Gasteiger partial charge in [-0.25, -0.2) is 9.59 Å². The predicted octanol–water partition coefficient (Wildman–Crippen LogP) is 1.95. The number of aromatic hydroxyl groups is 1. The fraction of sp³-hybridized carbons (Fsp3) is 0.214. The summed E-state index contributed by atoms with van der Waals surface area (Å²) < 4.78 is 4.88. The van der Waals surface area contributed by atoms with Crippen LogP contribution in [0, 0.1) is 11.3 Å². The molecule has 0 amide bonds. The second-order valence-corrected chi connectivity index (χ2v) is 4.21. The molecule has 6 heteroatoms. The van der Waals surface area contributed by atoms with Crippen LogP contribution < -0.4 is 0 Å². The molecule has 0 heterocycles. The molecule has 0 atom stereocenters. The number of aromatic carboxylic acids is 1. The van der Waals surface area contributed by atoms with Crippen LogP contribution in [0.25, 0.3) is 6.08 Å². The third-order valence-electron chi connectivity index (χ3n) is 2.25. The van der Waals surface area contributed by atoms with E-state index >= 15 is 0 Å². The molecule has 0 saturated heterocycles. The van der Waals surface area contributed by atoms with E-state index < -0.39 is 17.7 Å². The summed E-state index contributed by atoms with van der Waals surface area (Å²) in [4.78, 5) is 22.5. The minimum Gasteiger partial charge on any atom is -0.507 e. The molecule has 0 aliphatic carbocycles. The number of carboxylic acids is 1. The number of rotatable bonds is 4. The number of phenols is 1. The van der Waals surface area contributed by atoms with Gasteiger partial charge in [0.2, 0.25) is 0 Å². The van der Waals surface area contributed by atoms with Crippen molar-refractivity contribution in [2.24, 2.45) is 0 Å². The van der Waals surface area contributed by atoms with Crippen molar-refractivity contribution in [2.45, 2.75) is 20.0 Å². The minimum atomic E-state index is -1.30. The largest absolute Gasteiger partial charge is 0.507 e. The highest BCUT2D eigenvalue weighted by molar-refractivity contribution is 5.98. The van der Waals surface area contributed by atoms with Crippen LogP contribution in [0.2, 0.25) is 0 Å². The zero-order chi connectivity index (χ0) is 15.3. The lowest BCUT2D eigenvalue weighted by molar-refractivity contribution is -0.142. The van der Waals surface area contributed by atoms with Crippen molar-refractivity contribution in [3.8, 4) is 11.8 Å². The van der Waals surface area contributed by atoms with Gasteiger partial charge in [-0.15, -0.1) is 0 Å². The monoisotopic (exact) mass is 275 g/mol. The summed E-state index contributed by atoms with van der Waals surface area (Å²) in [5, 5.41) is 27.2. The van der Waals surface area contributed by atoms with Gasteiger partial charge in [0.1, 0.15) is 23.0 Å². The molecule has 0 fully saturated rings. The first-order valence-electron chi connectivity index (χ1n) is 5.74. The molecule has 1 aromatic carbocycles. The fourth-order valence-electron chi connectivity index (χ4n) is 1.40. The van der Waals surface area contributed by atoms with Gasteiger partial charge < -0.3 is 14.9 Å². The molecule has 0 saturated carbocycles. The Kier molecular flexibility index (Phi) is 4.87. The Morgan fingerprint density at radius 1 is 1.40 bits per heavy atom. The summed E-state index contributed by atoms with van der Waals surface area (Å²) in [5.41, 5.74) is -0.258. The summed E-state index contributed by atoms with van der Waals surface area (Å²) in [6.45, 7) is 3.30. The first-order valence-corrected chi connectivity index (χ1v) is 5.74. The van der Waals surface area contributed by atoms with Crippen LogP contribution in [0.4, 0.5) is 0 Å². The van der Waals surface area contributed by atoms with E-state index in [1.807, 2.05) is 0 Å².